The van der Waals surface area contributed by atoms with E-state index >= 15 is 0 Å². The molecule has 0 aliphatic heterocycles. The number of nitrogens with zero attached hydrogens (tertiary/aromatic N) is 1. The third-order valence-electron chi connectivity index (χ3n) is 0.997. The van der Waals surface area contributed by atoms with Gasteiger partial charge in [0.1, 0.15) is 6.67 Å². The highest BCUT2D eigenvalue weighted by molar-refractivity contribution is 5.13. The predicted octanol–water partition coefficient (Wildman–Crippen LogP) is 1.51. The summed E-state index contributed by atoms with van der Waals surface area (Å²) >= 11 is 0. The van der Waals surface area contributed by atoms with E-state index in [1.807, 2.05) is 44.2 Å². The van der Waals surface area contributed by atoms with Gasteiger partial charge in [0.2, 0.25) is 0 Å². The molecule has 0 heterocycles. The van der Waals surface area contributed by atoms with E-state index in [1.165, 1.54) is 0 Å². The Kier molecular flexibility index (Phi) is 10.3. The van der Waals surface area contributed by atoms with Crippen molar-refractivity contribution in [3.05, 3.63) is 35.9 Å². The van der Waals surface area contributed by atoms with Crippen LogP contribution in [0.2, 0.25) is 0 Å². The minimum atomic E-state index is -0.360. The number of hydrogen-bond donors (Lipinski definition) is 0. The molecular formula is C10H18FNO. The molecule has 1 rings (SSSR count). The topological polar surface area (TPSA) is 34.7 Å². The zero-order valence-corrected chi connectivity index (χ0v) is 8.42. The van der Waals surface area contributed by atoms with Gasteiger partial charge >= 0.3 is 0 Å². The van der Waals surface area contributed by atoms with Gasteiger partial charge < -0.3 is 10.4 Å². The van der Waals surface area contributed by atoms with Crippen LogP contribution in [0.25, 0.3) is 0 Å². The lowest BCUT2D eigenvalue weighted by Crippen LogP contribution is -1.99. The fraction of sp³-hybridized carbons (Fsp3) is 0.400. The summed E-state index contributed by atoms with van der Waals surface area (Å²) in [7, 11) is 6.00. The summed E-state index contributed by atoms with van der Waals surface area (Å²) in [6.45, 7) is -0.360. The molecule has 0 spiro atoms. The Morgan fingerprint density at radius 1 is 1.08 bits per heavy atom. The highest BCUT2D eigenvalue weighted by Crippen LogP contribution is 1.98. The zero-order chi connectivity index (χ0) is 9.40. The molecule has 1 aromatic rings. The molecule has 0 aliphatic carbocycles. The second-order valence-corrected chi connectivity index (χ2v) is 2.96. The molecule has 0 saturated heterocycles. The van der Waals surface area contributed by atoms with E-state index in [1.54, 1.807) is 12.1 Å². The van der Waals surface area contributed by atoms with Gasteiger partial charge in [0.15, 0.2) is 0 Å². The molecule has 76 valence electrons. The van der Waals surface area contributed by atoms with Gasteiger partial charge in [-0.05, 0) is 26.7 Å². The molecule has 0 radical (unpaired) electrons. The van der Waals surface area contributed by atoms with Crippen molar-refractivity contribution in [1.29, 1.82) is 0 Å². The minimum Gasteiger partial charge on any atom is -0.412 e. The number of rotatable bonds is 1. The molecule has 0 amide bonds. The maximum Gasteiger partial charge on any atom is 0.115 e. The number of halogens is 1. The molecule has 0 unspecified atom stereocenters. The molecule has 0 atom stereocenters. The van der Waals surface area contributed by atoms with Crippen LogP contribution in [0.4, 0.5) is 4.39 Å². The van der Waals surface area contributed by atoms with Crippen LogP contribution in [-0.2, 0) is 6.67 Å². The smallest absolute Gasteiger partial charge is 0.115 e. The van der Waals surface area contributed by atoms with Gasteiger partial charge in [0, 0.05) is 0 Å². The summed E-state index contributed by atoms with van der Waals surface area (Å²) < 4.78 is 11.7. The van der Waals surface area contributed by atoms with Gasteiger partial charge in [-0.1, -0.05) is 30.3 Å². The number of benzene rings is 1. The number of hydrogen-bond acceptors (Lipinski definition) is 1. The normalized spacial score (nSPS) is 8.38. The molecule has 0 saturated carbocycles. The molecule has 2 nitrogen and oxygen atoms in total. The van der Waals surface area contributed by atoms with Crippen LogP contribution in [0, 0.1) is 0 Å². The first-order chi connectivity index (χ1) is 5.66. The van der Waals surface area contributed by atoms with Crippen LogP contribution >= 0.6 is 0 Å². The largest absolute Gasteiger partial charge is 0.412 e. The summed E-state index contributed by atoms with van der Waals surface area (Å²) in [6, 6.07) is 9.06. The molecular weight excluding hydrogens is 169 g/mol. The van der Waals surface area contributed by atoms with Crippen molar-refractivity contribution in [3.63, 3.8) is 0 Å². The summed E-state index contributed by atoms with van der Waals surface area (Å²) in [6.07, 6.45) is 0. The molecule has 0 fully saturated rings. The minimum absolute atomic E-state index is 0. The van der Waals surface area contributed by atoms with Gasteiger partial charge in [0.05, 0.1) is 0 Å². The molecule has 2 N–H and O–H groups in total. The van der Waals surface area contributed by atoms with E-state index in [0.717, 1.165) is 5.56 Å². The molecule has 0 bridgehead atoms. The maximum absolute atomic E-state index is 11.7. The molecule has 0 aliphatic rings. The summed E-state index contributed by atoms with van der Waals surface area (Å²) in [5.74, 6) is 0. The highest BCUT2D eigenvalue weighted by Gasteiger charge is 1.82. The van der Waals surface area contributed by atoms with E-state index in [-0.39, 0.29) is 12.2 Å². The third kappa shape index (κ3) is 11.1. The quantitative estimate of drug-likeness (QED) is 0.656. The number of alkyl halides is 1. The summed E-state index contributed by atoms with van der Waals surface area (Å²) in [4.78, 5) is 2.00. The Hall–Kier alpha value is -0.930. The first-order valence-corrected chi connectivity index (χ1v) is 3.87. The van der Waals surface area contributed by atoms with Crippen LogP contribution in [0.1, 0.15) is 5.56 Å². The van der Waals surface area contributed by atoms with Gasteiger partial charge in [-0.15, -0.1) is 0 Å². The fourth-order valence-corrected chi connectivity index (χ4v) is 0.567. The predicted molar refractivity (Wildman–Crippen MR) is 54.5 cm³/mol. The molecule has 1 aromatic carbocycles. The summed E-state index contributed by atoms with van der Waals surface area (Å²) in [5, 5.41) is 0. The standard InChI is InChI=1S/C7H7F.C3H9N.H2O/c8-6-7-4-2-1-3-5-7;1-4(2)3;/h1-5H,6H2;1-3H3;1H2. The molecule has 13 heavy (non-hydrogen) atoms. The monoisotopic (exact) mass is 187 g/mol. The van der Waals surface area contributed by atoms with Crippen LogP contribution in [0.3, 0.4) is 0 Å². The average Bonchev–Trinajstić information content (AvgIpc) is 2.05. The zero-order valence-electron chi connectivity index (χ0n) is 8.42. The maximum atomic E-state index is 11.7. The Morgan fingerprint density at radius 2 is 1.46 bits per heavy atom. The van der Waals surface area contributed by atoms with Crippen LogP contribution in [-0.4, -0.2) is 31.5 Å². The average molecular weight is 187 g/mol. The van der Waals surface area contributed by atoms with Crippen molar-refractivity contribution in [2.75, 3.05) is 21.1 Å². The van der Waals surface area contributed by atoms with Gasteiger partial charge in [-0.25, -0.2) is 4.39 Å². The van der Waals surface area contributed by atoms with Crippen molar-refractivity contribution in [3.8, 4) is 0 Å². The van der Waals surface area contributed by atoms with Crippen molar-refractivity contribution in [1.82, 2.24) is 4.90 Å². The Bertz CT molecular complexity index is 187. The van der Waals surface area contributed by atoms with E-state index in [4.69, 9.17) is 0 Å². The fourth-order valence-electron chi connectivity index (χ4n) is 0.567. The first-order valence-electron chi connectivity index (χ1n) is 3.87. The van der Waals surface area contributed by atoms with Crippen LogP contribution < -0.4 is 0 Å². The Morgan fingerprint density at radius 3 is 1.69 bits per heavy atom. The second-order valence-electron chi connectivity index (χ2n) is 2.96. The SMILES string of the molecule is CN(C)C.FCc1ccccc1.O. The van der Waals surface area contributed by atoms with E-state index in [2.05, 4.69) is 0 Å². The second kappa shape index (κ2) is 9.16. The lowest BCUT2D eigenvalue weighted by Gasteiger charge is -1.90. The highest BCUT2D eigenvalue weighted by atomic mass is 19.1. The van der Waals surface area contributed by atoms with Crippen LogP contribution in [0.15, 0.2) is 30.3 Å². The third-order valence-corrected chi connectivity index (χ3v) is 0.997. The van der Waals surface area contributed by atoms with Crippen molar-refractivity contribution >= 4 is 0 Å². The van der Waals surface area contributed by atoms with Gasteiger partial charge in [-0.3, -0.25) is 0 Å². The lowest BCUT2D eigenvalue weighted by molar-refractivity contribution is 0.485. The van der Waals surface area contributed by atoms with Gasteiger partial charge in [0.25, 0.3) is 0 Å². The van der Waals surface area contributed by atoms with E-state index in [9.17, 15) is 4.39 Å². The Balaban J connectivity index is 0. The Labute approximate surface area is 79.3 Å². The molecule has 3 heteroatoms. The van der Waals surface area contributed by atoms with E-state index < -0.39 is 0 Å². The van der Waals surface area contributed by atoms with Crippen LogP contribution in [0.5, 0.6) is 0 Å². The van der Waals surface area contributed by atoms with Crippen molar-refractivity contribution in [2.45, 2.75) is 6.67 Å². The lowest BCUT2D eigenvalue weighted by atomic mass is 10.2. The molecule has 0 aromatic heterocycles. The summed E-state index contributed by atoms with van der Waals surface area (Å²) in [5.41, 5.74) is 0.743. The van der Waals surface area contributed by atoms with Gasteiger partial charge in [-0.2, -0.15) is 0 Å². The van der Waals surface area contributed by atoms with E-state index in [0.29, 0.717) is 0 Å². The first kappa shape index (κ1) is 14.6. The van der Waals surface area contributed by atoms with Crippen molar-refractivity contribution < 1.29 is 9.87 Å². The van der Waals surface area contributed by atoms with Crippen molar-refractivity contribution in [2.24, 2.45) is 0 Å².